The molecular formula is C16H17N5S. The van der Waals surface area contributed by atoms with Gasteiger partial charge in [0.2, 0.25) is 5.95 Å². The lowest BCUT2D eigenvalue weighted by Gasteiger charge is -2.07. The molecule has 0 aliphatic heterocycles. The normalized spacial score (nSPS) is 10.5. The molecule has 5 nitrogen and oxygen atoms in total. The van der Waals surface area contributed by atoms with Gasteiger partial charge < -0.3 is 15.6 Å². The first-order valence-corrected chi connectivity index (χ1v) is 8.02. The molecule has 0 saturated carbocycles. The molecule has 0 unspecified atom stereocenters. The van der Waals surface area contributed by atoms with Gasteiger partial charge in [0, 0.05) is 18.0 Å². The van der Waals surface area contributed by atoms with Gasteiger partial charge in [0.05, 0.1) is 11.0 Å². The van der Waals surface area contributed by atoms with Crippen LogP contribution in [0.4, 0.5) is 11.6 Å². The average molecular weight is 311 g/mol. The highest BCUT2D eigenvalue weighted by molar-refractivity contribution is 8.14. The zero-order valence-electron chi connectivity index (χ0n) is 12.0. The molecule has 2 aromatic carbocycles. The zero-order valence-corrected chi connectivity index (χ0v) is 12.8. The van der Waals surface area contributed by atoms with Crippen LogP contribution in [0.3, 0.4) is 0 Å². The molecule has 0 aliphatic rings. The number of rotatable bonds is 5. The molecular weight excluding hydrogens is 294 g/mol. The number of nitrogens with zero attached hydrogens (tertiary/aromatic N) is 1. The summed E-state index contributed by atoms with van der Waals surface area (Å²) in [5, 5.41) is 14.6. The summed E-state index contributed by atoms with van der Waals surface area (Å²) in [5.41, 5.74) is 2.91. The van der Waals surface area contributed by atoms with Crippen LogP contribution in [0.1, 0.15) is 0 Å². The number of nitrogens with one attached hydrogen (secondary N) is 4. The van der Waals surface area contributed by atoms with E-state index in [1.165, 1.54) is 11.8 Å². The van der Waals surface area contributed by atoms with Crippen molar-refractivity contribution in [3.05, 3.63) is 54.6 Å². The van der Waals surface area contributed by atoms with Crippen molar-refractivity contribution in [1.29, 1.82) is 5.41 Å². The van der Waals surface area contributed by atoms with Crippen LogP contribution in [-0.2, 0) is 0 Å². The summed E-state index contributed by atoms with van der Waals surface area (Å²) < 4.78 is 0. The van der Waals surface area contributed by atoms with E-state index in [1.54, 1.807) is 0 Å². The lowest BCUT2D eigenvalue weighted by Crippen LogP contribution is -2.11. The monoisotopic (exact) mass is 311 g/mol. The number of aromatic nitrogens is 2. The highest BCUT2D eigenvalue weighted by Crippen LogP contribution is 2.14. The predicted molar refractivity (Wildman–Crippen MR) is 94.8 cm³/mol. The summed E-state index contributed by atoms with van der Waals surface area (Å²) in [6, 6.07) is 17.7. The molecule has 3 rings (SSSR count). The number of hydrogen-bond donors (Lipinski definition) is 4. The standard InChI is InChI=1S/C16H17N5S/c17-15(19-12-6-2-1-3-7-12)22-11-10-18-16-20-13-8-4-5-9-14(13)21-16/h1-9H,10-11H2,(H2,17,19)(H2,18,20,21). The Bertz CT molecular complexity index is 720. The van der Waals surface area contributed by atoms with E-state index in [0.29, 0.717) is 5.17 Å². The Labute approximate surface area is 133 Å². The number of para-hydroxylation sites is 3. The van der Waals surface area contributed by atoms with Crippen LogP contribution in [0, 0.1) is 5.41 Å². The second-order valence-electron chi connectivity index (χ2n) is 4.70. The molecule has 0 spiro atoms. The summed E-state index contributed by atoms with van der Waals surface area (Å²) >= 11 is 1.47. The maximum Gasteiger partial charge on any atom is 0.201 e. The number of H-pyrrole nitrogens is 1. The molecule has 112 valence electrons. The van der Waals surface area contributed by atoms with Gasteiger partial charge in [-0.15, -0.1) is 0 Å². The molecule has 0 amide bonds. The first kappa shape index (κ1) is 14.5. The molecule has 1 heterocycles. The Balaban J connectivity index is 1.42. The molecule has 3 aromatic rings. The van der Waals surface area contributed by atoms with Crippen LogP contribution in [0.5, 0.6) is 0 Å². The van der Waals surface area contributed by atoms with Crippen molar-refractivity contribution in [1.82, 2.24) is 9.97 Å². The van der Waals surface area contributed by atoms with E-state index in [9.17, 15) is 0 Å². The fourth-order valence-corrected chi connectivity index (χ4v) is 2.65. The van der Waals surface area contributed by atoms with Gasteiger partial charge in [-0.3, -0.25) is 5.41 Å². The predicted octanol–water partition coefficient (Wildman–Crippen LogP) is 3.75. The smallest absolute Gasteiger partial charge is 0.201 e. The number of hydrogen-bond acceptors (Lipinski definition) is 4. The summed E-state index contributed by atoms with van der Waals surface area (Å²) in [4.78, 5) is 7.67. The van der Waals surface area contributed by atoms with Gasteiger partial charge in [-0.25, -0.2) is 4.98 Å². The number of aromatic amines is 1. The van der Waals surface area contributed by atoms with Crippen LogP contribution in [-0.4, -0.2) is 27.4 Å². The van der Waals surface area contributed by atoms with Crippen molar-refractivity contribution >= 4 is 39.6 Å². The second-order valence-corrected chi connectivity index (χ2v) is 5.80. The summed E-state index contributed by atoms with van der Waals surface area (Å²) in [5.74, 6) is 1.56. The minimum absolute atomic E-state index is 0.442. The van der Waals surface area contributed by atoms with Gasteiger partial charge in [0.1, 0.15) is 0 Å². The number of thioether (sulfide) groups is 1. The number of anilines is 2. The minimum atomic E-state index is 0.442. The quantitative estimate of drug-likeness (QED) is 0.329. The number of amidine groups is 1. The molecule has 0 saturated heterocycles. The average Bonchev–Trinajstić information content (AvgIpc) is 2.95. The van der Waals surface area contributed by atoms with Crippen LogP contribution in [0.2, 0.25) is 0 Å². The topological polar surface area (TPSA) is 76.6 Å². The molecule has 0 radical (unpaired) electrons. The number of imidazole rings is 1. The maximum absolute atomic E-state index is 7.90. The fourth-order valence-electron chi connectivity index (χ4n) is 2.05. The van der Waals surface area contributed by atoms with Crippen molar-refractivity contribution < 1.29 is 0 Å². The maximum atomic E-state index is 7.90. The molecule has 0 atom stereocenters. The van der Waals surface area contributed by atoms with E-state index in [1.807, 2.05) is 54.6 Å². The van der Waals surface area contributed by atoms with Crippen LogP contribution >= 0.6 is 11.8 Å². The Morgan fingerprint density at radius 1 is 1.09 bits per heavy atom. The molecule has 0 aliphatic carbocycles. The highest BCUT2D eigenvalue weighted by Gasteiger charge is 2.02. The molecule has 22 heavy (non-hydrogen) atoms. The van der Waals surface area contributed by atoms with Gasteiger partial charge >= 0.3 is 0 Å². The van der Waals surface area contributed by atoms with Crippen LogP contribution in [0.15, 0.2) is 54.6 Å². The fraction of sp³-hybridized carbons (Fsp3) is 0.125. The SMILES string of the molecule is N=C(Nc1ccccc1)SCCNc1nc2ccccc2[nH]1. The molecule has 0 fully saturated rings. The van der Waals surface area contributed by atoms with Crippen molar-refractivity contribution in [2.75, 3.05) is 22.9 Å². The van der Waals surface area contributed by atoms with E-state index in [0.717, 1.165) is 35.0 Å². The Morgan fingerprint density at radius 3 is 2.68 bits per heavy atom. The number of benzene rings is 2. The minimum Gasteiger partial charge on any atom is -0.355 e. The molecule has 0 bridgehead atoms. The van der Waals surface area contributed by atoms with E-state index in [4.69, 9.17) is 5.41 Å². The third kappa shape index (κ3) is 3.79. The summed E-state index contributed by atoms with van der Waals surface area (Å²) in [6.45, 7) is 0.739. The van der Waals surface area contributed by atoms with Gasteiger partial charge in [-0.05, 0) is 24.3 Å². The zero-order chi connectivity index (χ0) is 15.2. The van der Waals surface area contributed by atoms with Gasteiger partial charge in [0.25, 0.3) is 0 Å². The lowest BCUT2D eigenvalue weighted by atomic mass is 10.3. The lowest BCUT2D eigenvalue weighted by molar-refractivity contribution is 1.16. The third-order valence-electron chi connectivity index (χ3n) is 3.06. The highest BCUT2D eigenvalue weighted by atomic mass is 32.2. The van der Waals surface area contributed by atoms with Crippen molar-refractivity contribution in [2.45, 2.75) is 0 Å². The Morgan fingerprint density at radius 2 is 1.86 bits per heavy atom. The van der Waals surface area contributed by atoms with Gasteiger partial charge in [0.15, 0.2) is 5.17 Å². The first-order valence-electron chi connectivity index (χ1n) is 7.03. The van der Waals surface area contributed by atoms with E-state index in [2.05, 4.69) is 20.6 Å². The van der Waals surface area contributed by atoms with Crippen LogP contribution < -0.4 is 10.6 Å². The summed E-state index contributed by atoms with van der Waals surface area (Å²) in [6.07, 6.45) is 0. The largest absolute Gasteiger partial charge is 0.355 e. The Kier molecular flexibility index (Phi) is 4.60. The molecule has 6 heteroatoms. The van der Waals surface area contributed by atoms with Crippen molar-refractivity contribution in [3.63, 3.8) is 0 Å². The molecule has 4 N–H and O–H groups in total. The van der Waals surface area contributed by atoms with E-state index >= 15 is 0 Å². The van der Waals surface area contributed by atoms with E-state index < -0.39 is 0 Å². The van der Waals surface area contributed by atoms with E-state index in [-0.39, 0.29) is 0 Å². The third-order valence-corrected chi connectivity index (χ3v) is 3.86. The van der Waals surface area contributed by atoms with Gasteiger partial charge in [-0.2, -0.15) is 0 Å². The number of fused-ring (bicyclic) bond motifs is 1. The first-order chi connectivity index (χ1) is 10.8. The van der Waals surface area contributed by atoms with Gasteiger partial charge in [-0.1, -0.05) is 42.1 Å². The van der Waals surface area contributed by atoms with Crippen molar-refractivity contribution in [3.8, 4) is 0 Å². The summed E-state index contributed by atoms with van der Waals surface area (Å²) in [7, 11) is 0. The van der Waals surface area contributed by atoms with Crippen LogP contribution in [0.25, 0.3) is 11.0 Å². The molecule has 1 aromatic heterocycles. The second kappa shape index (κ2) is 7.00. The Hall–Kier alpha value is -2.47. The van der Waals surface area contributed by atoms with Crippen molar-refractivity contribution in [2.24, 2.45) is 0 Å².